The van der Waals surface area contributed by atoms with Gasteiger partial charge >= 0.3 is 0 Å². The molecule has 0 N–H and O–H groups in total. The minimum atomic E-state index is -0.633. The van der Waals surface area contributed by atoms with E-state index < -0.39 is 5.41 Å². The summed E-state index contributed by atoms with van der Waals surface area (Å²) < 4.78 is 9.64. The van der Waals surface area contributed by atoms with E-state index in [0.717, 1.165) is 67.5 Å². The standard InChI is InChI=1S/C65H42N2O/c1-3-19-43(20-4-1)48-25-8-13-33-58(48)66(46-37-39-52-51-28-10-15-35-60(51)67(61(52)41-46)59-34-14-9-26-49(59)44-21-5-2-6-22-44)47-38-40-56-63(42-47)68-62-36-16-12-31-55(62)65(56)54-30-11-7-27-50(54)53-29-17-23-45-24-18-32-57(65)64(45)53/h1-42H. The zero-order valence-electron chi connectivity index (χ0n) is 37.1. The lowest BCUT2D eigenvalue weighted by molar-refractivity contribution is 0.435. The van der Waals surface area contributed by atoms with E-state index in [1.165, 1.54) is 54.9 Å². The molecule has 14 rings (SSSR count). The molecule has 0 saturated heterocycles. The monoisotopic (exact) mass is 866 g/mol. The number of hydrogen-bond donors (Lipinski definition) is 0. The van der Waals surface area contributed by atoms with Crippen molar-refractivity contribution >= 4 is 49.6 Å². The molecule has 3 heteroatoms. The van der Waals surface area contributed by atoms with Crippen LogP contribution in [0.5, 0.6) is 11.5 Å². The number of hydrogen-bond acceptors (Lipinski definition) is 2. The fourth-order valence-corrected chi connectivity index (χ4v) is 11.7. The van der Waals surface area contributed by atoms with Crippen LogP contribution < -0.4 is 9.64 Å². The van der Waals surface area contributed by atoms with Gasteiger partial charge in [-0.2, -0.15) is 0 Å². The van der Waals surface area contributed by atoms with Gasteiger partial charge in [0.05, 0.1) is 27.8 Å². The van der Waals surface area contributed by atoms with Gasteiger partial charge in [-0.05, 0) is 86.6 Å². The van der Waals surface area contributed by atoms with Crippen LogP contribution in [0.1, 0.15) is 22.3 Å². The molecule has 2 aliphatic rings. The second-order valence-electron chi connectivity index (χ2n) is 17.9. The van der Waals surface area contributed by atoms with Crippen LogP contribution in [0.4, 0.5) is 17.1 Å². The lowest BCUT2D eigenvalue weighted by atomic mass is 9.58. The molecule has 11 aromatic carbocycles. The Hall–Kier alpha value is -8.92. The van der Waals surface area contributed by atoms with Crippen LogP contribution in [-0.4, -0.2) is 4.57 Å². The number of aromatic nitrogens is 1. The van der Waals surface area contributed by atoms with Gasteiger partial charge in [0.25, 0.3) is 0 Å². The minimum Gasteiger partial charge on any atom is -0.457 e. The molecule has 0 saturated carbocycles. The van der Waals surface area contributed by atoms with Crippen LogP contribution >= 0.6 is 0 Å². The molecule has 1 unspecified atom stereocenters. The quantitative estimate of drug-likeness (QED) is 0.166. The van der Waals surface area contributed by atoms with Gasteiger partial charge in [0, 0.05) is 50.5 Å². The van der Waals surface area contributed by atoms with Crippen LogP contribution in [0.3, 0.4) is 0 Å². The van der Waals surface area contributed by atoms with Gasteiger partial charge in [-0.1, -0.05) is 206 Å². The molecule has 1 aliphatic carbocycles. The highest BCUT2D eigenvalue weighted by atomic mass is 16.5. The Morgan fingerprint density at radius 1 is 0.353 bits per heavy atom. The lowest BCUT2D eigenvalue weighted by Crippen LogP contribution is -2.36. The molecule has 1 aromatic heterocycles. The minimum absolute atomic E-state index is 0.633. The van der Waals surface area contributed by atoms with Crippen LogP contribution in [0.2, 0.25) is 0 Å². The van der Waals surface area contributed by atoms with E-state index in [1.54, 1.807) is 0 Å². The van der Waals surface area contributed by atoms with Gasteiger partial charge in [0.1, 0.15) is 11.5 Å². The molecule has 0 radical (unpaired) electrons. The van der Waals surface area contributed by atoms with Gasteiger partial charge in [-0.3, -0.25) is 0 Å². The first-order valence-corrected chi connectivity index (χ1v) is 23.4. The maximum absolute atomic E-state index is 7.19. The largest absolute Gasteiger partial charge is 0.457 e. The number of nitrogens with zero attached hydrogens (tertiary/aromatic N) is 2. The molecular formula is C65H42N2O. The summed E-state index contributed by atoms with van der Waals surface area (Å²) in [7, 11) is 0. The van der Waals surface area contributed by atoms with E-state index in [-0.39, 0.29) is 0 Å². The topological polar surface area (TPSA) is 17.4 Å². The maximum Gasteiger partial charge on any atom is 0.134 e. The van der Waals surface area contributed by atoms with Crippen molar-refractivity contribution in [3.8, 4) is 50.6 Å². The number of benzene rings is 11. The zero-order valence-corrected chi connectivity index (χ0v) is 37.1. The fraction of sp³-hybridized carbons (Fsp3) is 0.0154. The van der Waals surface area contributed by atoms with E-state index in [2.05, 4.69) is 264 Å². The third-order valence-electron chi connectivity index (χ3n) is 14.4. The molecule has 0 bridgehead atoms. The fourth-order valence-electron chi connectivity index (χ4n) is 11.7. The molecule has 2 heterocycles. The smallest absolute Gasteiger partial charge is 0.134 e. The summed E-state index contributed by atoms with van der Waals surface area (Å²) in [5.74, 6) is 1.70. The highest BCUT2D eigenvalue weighted by Crippen LogP contribution is 2.62. The number of rotatable bonds is 6. The van der Waals surface area contributed by atoms with Crippen molar-refractivity contribution in [3.05, 3.63) is 277 Å². The number of ether oxygens (including phenoxy) is 1. The second kappa shape index (κ2) is 15.1. The second-order valence-corrected chi connectivity index (χ2v) is 17.9. The first kappa shape index (κ1) is 38.4. The Morgan fingerprint density at radius 3 is 1.76 bits per heavy atom. The lowest BCUT2D eigenvalue weighted by Gasteiger charge is -2.45. The van der Waals surface area contributed by atoms with Gasteiger partial charge < -0.3 is 14.2 Å². The summed E-state index contributed by atoms with van der Waals surface area (Å²) in [5.41, 5.74) is 17.8. The molecule has 0 fully saturated rings. The molecule has 1 spiro atoms. The van der Waals surface area contributed by atoms with Crippen molar-refractivity contribution in [3.63, 3.8) is 0 Å². The van der Waals surface area contributed by atoms with Crippen LogP contribution in [0.25, 0.3) is 71.6 Å². The normalized spacial score (nSPS) is 14.4. The summed E-state index contributed by atoms with van der Waals surface area (Å²) in [4.78, 5) is 2.43. The SMILES string of the molecule is c1ccc(-c2ccccc2N(c2ccc3c(c2)Oc2ccccc2C32c3ccccc3-c3cccc4cccc2c34)c2ccc3c4ccccc4n(-c4ccccc4-c4ccccc4)c3c2)cc1. The summed E-state index contributed by atoms with van der Waals surface area (Å²) >= 11 is 0. The molecule has 1 atom stereocenters. The number of para-hydroxylation sites is 4. The summed E-state index contributed by atoms with van der Waals surface area (Å²) in [6.07, 6.45) is 0. The Morgan fingerprint density at radius 2 is 0.926 bits per heavy atom. The van der Waals surface area contributed by atoms with Gasteiger partial charge in [0.2, 0.25) is 0 Å². The molecule has 0 amide bonds. The summed E-state index contributed by atoms with van der Waals surface area (Å²) in [6.45, 7) is 0. The van der Waals surface area contributed by atoms with Crippen molar-refractivity contribution < 1.29 is 4.74 Å². The predicted molar refractivity (Wildman–Crippen MR) is 281 cm³/mol. The highest BCUT2D eigenvalue weighted by molar-refractivity contribution is 6.11. The first-order chi connectivity index (χ1) is 33.8. The Labute approximate surface area is 395 Å². The Balaban J connectivity index is 1.04. The van der Waals surface area contributed by atoms with Crippen molar-refractivity contribution in [2.24, 2.45) is 0 Å². The third kappa shape index (κ3) is 5.54. The van der Waals surface area contributed by atoms with Crippen molar-refractivity contribution in [1.29, 1.82) is 0 Å². The number of fused-ring (bicyclic) bond motifs is 11. The van der Waals surface area contributed by atoms with Crippen LogP contribution in [0.15, 0.2) is 255 Å². The maximum atomic E-state index is 7.19. The summed E-state index contributed by atoms with van der Waals surface area (Å²) in [5, 5.41) is 4.93. The third-order valence-corrected chi connectivity index (χ3v) is 14.4. The average Bonchev–Trinajstić information content (AvgIpc) is 3.74. The Bertz CT molecular complexity index is 3960. The van der Waals surface area contributed by atoms with Gasteiger partial charge in [0.15, 0.2) is 0 Å². The van der Waals surface area contributed by atoms with E-state index in [9.17, 15) is 0 Å². The van der Waals surface area contributed by atoms with E-state index in [0.29, 0.717) is 0 Å². The van der Waals surface area contributed by atoms with Crippen molar-refractivity contribution in [1.82, 2.24) is 4.57 Å². The van der Waals surface area contributed by atoms with Gasteiger partial charge in [-0.25, -0.2) is 0 Å². The highest BCUT2D eigenvalue weighted by Gasteiger charge is 2.49. The first-order valence-electron chi connectivity index (χ1n) is 23.4. The van der Waals surface area contributed by atoms with Gasteiger partial charge in [-0.15, -0.1) is 0 Å². The van der Waals surface area contributed by atoms with E-state index in [1.807, 2.05) is 0 Å². The molecule has 68 heavy (non-hydrogen) atoms. The van der Waals surface area contributed by atoms with Crippen LogP contribution in [0, 0.1) is 0 Å². The molecule has 12 aromatic rings. The Kier molecular flexibility index (Phi) is 8.50. The van der Waals surface area contributed by atoms with Crippen molar-refractivity contribution in [2.45, 2.75) is 5.41 Å². The molecule has 1 aliphatic heterocycles. The van der Waals surface area contributed by atoms with Crippen molar-refractivity contribution in [2.75, 3.05) is 4.90 Å². The van der Waals surface area contributed by atoms with E-state index in [4.69, 9.17) is 4.74 Å². The number of anilines is 3. The molecule has 3 nitrogen and oxygen atoms in total. The van der Waals surface area contributed by atoms with E-state index >= 15 is 0 Å². The van der Waals surface area contributed by atoms with Crippen LogP contribution in [-0.2, 0) is 5.41 Å². The molecule has 318 valence electrons. The summed E-state index contributed by atoms with van der Waals surface area (Å²) in [6, 6.07) is 92.9. The molecular weight excluding hydrogens is 825 g/mol. The predicted octanol–water partition coefficient (Wildman–Crippen LogP) is 17.2. The average molecular weight is 867 g/mol. The zero-order chi connectivity index (χ0) is 44.8.